The van der Waals surface area contributed by atoms with Gasteiger partial charge in [-0.1, -0.05) is 88.6 Å². The molecule has 2 aliphatic carbocycles. The highest BCUT2D eigenvalue weighted by Crippen LogP contribution is 2.57. The molecule has 1 aromatic rings. The highest BCUT2D eigenvalue weighted by Gasteiger charge is 2.55. The van der Waals surface area contributed by atoms with Crippen LogP contribution in [0.3, 0.4) is 0 Å². The van der Waals surface area contributed by atoms with Crippen molar-refractivity contribution in [2.75, 3.05) is 0 Å². The number of halogens is 1. The zero-order valence-electron chi connectivity index (χ0n) is 28.1. The summed E-state index contributed by atoms with van der Waals surface area (Å²) in [6.45, 7) is 24.0. The van der Waals surface area contributed by atoms with Gasteiger partial charge in [-0.3, -0.25) is 0 Å². The third kappa shape index (κ3) is 7.17. The van der Waals surface area contributed by atoms with Gasteiger partial charge in [0.25, 0.3) is 0 Å². The first-order valence-electron chi connectivity index (χ1n) is 15.9. The number of carbonyl (C=O) groups is 3. The Morgan fingerprint density at radius 2 is 1.35 bits per heavy atom. The van der Waals surface area contributed by atoms with E-state index in [1.165, 1.54) is 0 Å². The van der Waals surface area contributed by atoms with E-state index in [1.54, 1.807) is 6.07 Å². The lowest BCUT2D eigenvalue weighted by Crippen LogP contribution is -2.38. The van der Waals surface area contributed by atoms with Crippen LogP contribution in [-0.4, -0.2) is 30.1 Å². The van der Waals surface area contributed by atoms with Crippen molar-refractivity contribution in [2.45, 2.75) is 127 Å². The van der Waals surface area contributed by atoms with Gasteiger partial charge in [0.05, 0.1) is 5.56 Å². The predicted octanol–water partition coefficient (Wildman–Crippen LogP) is 9.24. The maximum absolute atomic E-state index is 13.7. The fourth-order valence-electron chi connectivity index (χ4n) is 6.65. The SMILES string of the molecule is CCCCC(OC(=O)/C=C/C(=O)O[C@@H]1C[C@H](C)C(C)(C)C1(C)C)c1ccc(I)cc1C(=O)O[C@@H]1C[C@H](C)C(C)(C)C1(C)C. The molecule has 0 radical (unpaired) electrons. The lowest BCUT2D eigenvalue weighted by Gasteiger charge is -2.40. The Morgan fingerprint density at radius 1 is 0.837 bits per heavy atom. The predicted molar refractivity (Wildman–Crippen MR) is 178 cm³/mol. The molecule has 2 aliphatic rings. The summed E-state index contributed by atoms with van der Waals surface area (Å²) in [7, 11) is 0. The fraction of sp³-hybridized carbons (Fsp3) is 0.694. The van der Waals surface area contributed by atoms with E-state index in [1.807, 2.05) is 12.1 Å². The minimum absolute atomic E-state index is 0.0144. The lowest BCUT2D eigenvalue weighted by molar-refractivity contribution is -0.150. The van der Waals surface area contributed by atoms with E-state index < -0.39 is 24.0 Å². The maximum Gasteiger partial charge on any atom is 0.338 e. The second kappa shape index (κ2) is 13.2. The van der Waals surface area contributed by atoms with Crippen LogP contribution in [0.2, 0.25) is 0 Å². The van der Waals surface area contributed by atoms with E-state index >= 15 is 0 Å². The molecule has 2 saturated carbocycles. The minimum Gasteiger partial charge on any atom is -0.459 e. The van der Waals surface area contributed by atoms with Crippen molar-refractivity contribution in [3.05, 3.63) is 45.0 Å². The van der Waals surface area contributed by atoms with Crippen LogP contribution >= 0.6 is 22.6 Å². The summed E-state index contributed by atoms with van der Waals surface area (Å²) in [6.07, 6.45) is 5.00. The zero-order chi connectivity index (χ0) is 32.5. The third-order valence-corrected chi connectivity index (χ3v) is 12.7. The van der Waals surface area contributed by atoms with E-state index in [-0.39, 0.29) is 33.9 Å². The van der Waals surface area contributed by atoms with Crippen LogP contribution in [0.25, 0.3) is 0 Å². The molecule has 3 rings (SSSR count). The Kier molecular flexibility index (Phi) is 10.9. The molecule has 2 fully saturated rings. The Hall–Kier alpha value is -1.90. The second-order valence-corrected chi connectivity index (χ2v) is 16.4. The number of benzene rings is 1. The standard InChI is InChI=1S/C36H53IO6/c1-12-13-14-27(41-30(38)17-18-31(39)42-28-19-22(2)33(4,5)35(28,8)9)25-16-15-24(37)21-26(25)32(40)43-29-20-23(3)34(6,7)36(29,10)11/h15-18,21-23,27-29H,12-14,19-20H2,1-11H3/b18-17+/t22-,23-,27?,28+,29+/m0/s1. The maximum atomic E-state index is 13.7. The Labute approximate surface area is 273 Å². The van der Waals surface area contributed by atoms with Crippen molar-refractivity contribution >= 4 is 40.5 Å². The topological polar surface area (TPSA) is 78.9 Å². The van der Waals surface area contributed by atoms with Gasteiger partial charge in [0, 0.05) is 32.1 Å². The summed E-state index contributed by atoms with van der Waals surface area (Å²) in [4.78, 5) is 39.4. The van der Waals surface area contributed by atoms with Crippen molar-refractivity contribution in [2.24, 2.45) is 33.5 Å². The van der Waals surface area contributed by atoms with E-state index in [2.05, 4.69) is 98.8 Å². The molecular formula is C36H53IO6. The van der Waals surface area contributed by atoms with Crippen molar-refractivity contribution < 1.29 is 28.6 Å². The van der Waals surface area contributed by atoms with Gasteiger partial charge in [0.15, 0.2) is 0 Å². The molecule has 240 valence electrons. The molecule has 0 bridgehead atoms. The van der Waals surface area contributed by atoms with Gasteiger partial charge >= 0.3 is 17.9 Å². The van der Waals surface area contributed by atoms with Gasteiger partial charge in [-0.25, -0.2) is 14.4 Å². The van der Waals surface area contributed by atoms with Crippen molar-refractivity contribution in [3.8, 4) is 0 Å². The molecule has 0 amide bonds. The van der Waals surface area contributed by atoms with Crippen LogP contribution in [0.15, 0.2) is 30.4 Å². The van der Waals surface area contributed by atoms with E-state index in [0.29, 0.717) is 29.4 Å². The molecule has 0 spiro atoms. The monoisotopic (exact) mass is 708 g/mol. The van der Waals surface area contributed by atoms with Crippen molar-refractivity contribution in [1.82, 2.24) is 0 Å². The number of hydrogen-bond acceptors (Lipinski definition) is 6. The Morgan fingerprint density at radius 3 is 1.84 bits per heavy atom. The summed E-state index contributed by atoms with van der Waals surface area (Å²) >= 11 is 2.18. The molecule has 0 saturated heterocycles. The summed E-state index contributed by atoms with van der Waals surface area (Å²) in [5.74, 6) is -0.799. The van der Waals surface area contributed by atoms with Crippen LogP contribution in [0, 0.1) is 37.1 Å². The van der Waals surface area contributed by atoms with Crippen molar-refractivity contribution in [3.63, 3.8) is 0 Å². The third-order valence-electron chi connectivity index (χ3n) is 12.1. The second-order valence-electron chi connectivity index (χ2n) is 15.1. The number of esters is 3. The van der Waals surface area contributed by atoms with Gasteiger partial charge in [-0.05, 0) is 83.1 Å². The first kappa shape index (κ1) is 35.6. The highest BCUT2D eigenvalue weighted by atomic mass is 127. The fourth-order valence-corrected chi connectivity index (χ4v) is 7.14. The molecule has 6 nitrogen and oxygen atoms in total. The Bertz CT molecular complexity index is 1230. The zero-order valence-corrected chi connectivity index (χ0v) is 30.3. The quantitative estimate of drug-likeness (QED) is 0.104. The largest absolute Gasteiger partial charge is 0.459 e. The van der Waals surface area contributed by atoms with Crippen LogP contribution in [0.4, 0.5) is 0 Å². The van der Waals surface area contributed by atoms with Crippen LogP contribution < -0.4 is 0 Å². The van der Waals surface area contributed by atoms with Gasteiger partial charge < -0.3 is 14.2 Å². The summed E-state index contributed by atoms with van der Waals surface area (Å²) < 4.78 is 18.8. The van der Waals surface area contributed by atoms with Gasteiger partial charge in [0.1, 0.15) is 18.3 Å². The number of rotatable bonds is 10. The van der Waals surface area contributed by atoms with Gasteiger partial charge in [0.2, 0.25) is 0 Å². The number of unbranched alkanes of at least 4 members (excludes halogenated alkanes) is 1. The Balaban J connectivity index is 1.77. The molecule has 43 heavy (non-hydrogen) atoms. The lowest BCUT2D eigenvalue weighted by atomic mass is 9.67. The first-order valence-corrected chi connectivity index (χ1v) is 16.9. The highest BCUT2D eigenvalue weighted by molar-refractivity contribution is 14.1. The molecule has 5 atom stereocenters. The van der Waals surface area contributed by atoms with Crippen LogP contribution in [0.1, 0.15) is 130 Å². The number of carbonyl (C=O) groups excluding carboxylic acids is 3. The van der Waals surface area contributed by atoms with Gasteiger partial charge in [-0.15, -0.1) is 0 Å². The van der Waals surface area contributed by atoms with E-state index in [0.717, 1.165) is 41.4 Å². The molecule has 0 aliphatic heterocycles. The average molecular weight is 709 g/mol. The first-order chi connectivity index (χ1) is 19.8. The minimum atomic E-state index is -0.657. The van der Waals surface area contributed by atoms with E-state index in [4.69, 9.17) is 14.2 Å². The molecule has 0 aromatic heterocycles. The molecular weight excluding hydrogens is 655 g/mol. The average Bonchev–Trinajstić information content (AvgIpc) is 3.16. The molecule has 0 heterocycles. The number of ether oxygens (including phenoxy) is 3. The smallest absolute Gasteiger partial charge is 0.338 e. The number of hydrogen-bond donors (Lipinski definition) is 0. The van der Waals surface area contributed by atoms with E-state index in [9.17, 15) is 14.4 Å². The molecule has 0 N–H and O–H groups in total. The molecule has 1 unspecified atom stereocenters. The summed E-state index contributed by atoms with van der Waals surface area (Å²) in [5.41, 5.74) is 0.674. The van der Waals surface area contributed by atoms with Crippen LogP contribution in [-0.2, 0) is 23.8 Å². The summed E-state index contributed by atoms with van der Waals surface area (Å²) in [5, 5.41) is 0. The van der Waals surface area contributed by atoms with Crippen LogP contribution in [0.5, 0.6) is 0 Å². The molecule has 7 heteroatoms. The normalized spacial score (nSPS) is 27.5. The van der Waals surface area contributed by atoms with Crippen molar-refractivity contribution in [1.29, 1.82) is 0 Å². The molecule has 1 aromatic carbocycles. The van der Waals surface area contributed by atoms with Gasteiger partial charge in [-0.2, -0.15) is 0 Å². The summed E-state index contributed by atoms with van der Waals surface area (Å²) in [6, 6.07) is 5.56.